The molecule has 0 aliphatic heterocycles. The molecule has 0 saturated heterocycles. The lowest BCUT2D eigenvalue weighted by atomic mass is 10.2. The first kappa shape index (κ1) is 15.8. The summed E-state index contributed by atoms with van der Waals surface area (Å²) in [5, 5.41) is 4.06. The number of aromatic nitrogens is 1. The maximum absolute atomic E-state index is 12.1. The van der Waals surface area contributed by atoms with Crippen LogP contribution in [-0.2, 0) is 6.54 Å². The van der Waals surface area contributed by atoms with Crippen molar-refractivity contribution in [1.82, 2.24) is 10.3 Å². The fraction of sp³-hybridized carbons (Fsp3) is 0.357. The summed E-state index contributed by atoms with van der Waals surface area (Å²) in [6.45, 7) is 4.84. The average molecular weight is 316 g/mol. The fourth-order valence-electron chi connectivity index (χ4n) is 1.63. The molecule has 0 bridgehead atoms. The molecule has 0 fully saturated rings. The molecular weight excluding hydrogens is 301 g/mol. The molecule has 2 rings (SSSR count). The van der Waals surface area contributed by atoms with Crippen molar-refractivity contribution in [2.24, 2.45) is 0 Å². The normalized spacial score (nSPS) is 11.9. The second-order valence-electron chi connectivity index (χ2n) is 4.74. The number of hydrogen-bond acceptors (Lipinski definition) is 4. The maximum Gasteiger partial charge on any atom is 0.573 e. The molecule has 0 aliphatic rings. The maximum atomic E-state index is 12.1. The number of alkyl halides is 3. The molecule has 2 aromatic rings. The smallest absolute Gasteiger partial charge is 0.406 e. The zero-order chi connectivity index (χ0) is 15.5. The van der Waals surface area contributed by atoms with Crippen LogP contribution in [0.2, 0.25) is 0 Å². The van der Waals surface area contributed by atoms with Gasteiger partial charge < -0.3 is 10.1 Å². The first-order valence-corrected chi connectivity index (χ1v) is 7.19. The summed E-state index contributed by atoms with van der Waals surface area (Å²) in [6, 6.07) is 6.10. The summed E-state index contributed by atoms with van der Waals surface area (Å²) < 4.78 is 40.1. The van der Waals surface area contributed by atoms with Crippen molar-refractivity contribution in [3.63, 3.8) is 0 Å². The van der Waals surface area contributed by atoms with Gasteiger partial charge in [0, 0.05) is 29.2 Å². The Bertz CT molecular complexity index is 579. The van der Waals surface area contributed by atoms with E-state index in [1.54, 1.807) is 18.3 Å². The van der Waals surface area contributed by atoms with Crippen molar-refractivity contribution in [1.29, 1.82) is 0 Å². The van der Waals surface area contributed by atoms with Crippen molar-refractivity contribution >= 4 is 11.3 Å². The Morgan fingerprint density at radius 1 is 1.24 bits per heavy atom. The third-order valence-electron chi connectivity index (χ3n) is 2.57. The van der Waals surface area contributed by atoms with Gasteiger partial charge in [0.25, 0.3) is 0 Å². The van der Waals surface area contributed by atoms with E-state index in [9.17, 15) is 13.2 Å². The zero-order valence-corrected chi connectivity index (χ0v) is 12.4. The van der Waals surface area contributed by atoms with E-state index in [1.165, 1.54) is 23.5 Å². The summed E-state index contributed by atoms with van der Waals surface area (Å²) >= 11 is 1.51. The Morgan fingerprint density at radius 2 is 1.90 bits per heavy atom. The van der Waals surface area contributed by atoms with Gasteiger partial charge in [-0.3, -0.25) is 0 Å². The minimum absolute atomic E-state index is 0.232. The third-order valence-corrected chi connectivity index (χ3v) is 3.62. The van der Waals surface area contributed by atoms with Crippen LogP contribution in [0.1, 0.15) is 18.7 Å². The van der Waals surface area contributed by atoms with Gasteiger partial charge in [-0.2, -0.15) is 0 Å². The number of nitrogens with one attached hydrogen (secondary N) is 1. The number of nitrogens with zero attached hydrogens (tertiary/aromatic N) is 1. The molecule has 114 valence electrons. The lowest BCUT2D eigenvalue weighted by molar-refractivity contribution is -0.274. The Balaban J connectivity index is 2.05. The van der Waals surface area contributed by atoms with Crippen LogP contribution < -0.4 is 10.1 Å². The van der Waals surface area contributed by atoms with Crippen LogP contribution in [0.15, 0.2) is 30.5 Å². The van der Waals surface area contributed by atoms with Crippen LogP contribution in [0.25, 0.3) is 10.6 Å². The predicted molar refractivity (Wildman–Crippen MR) is 76.2 cm³/mol. The number of halogens is 3. The molecule has 0 unspecified atom stereocenters. The summed E-state index contributed by atoms with van der Waals surface area (Å²) in [7, 11) is 0. The van der Waals surface area contributed by atoms with E-state index in [4.69, 9.17) is 0 Å². The predicted octanol–water partition coefficient (Wildman–Crippen LogP) is 4.21. The largest absolute Gasteiger partial charge is 0.573 e. The minimum Gasteiger partial charge on any atom is -0.406 e. The number of thiazole rings is 1. The Kier molecular flexibility index (Phi) is 4.84. The molecule has 0 saturated carbocycles. The highest BCUT2D eigenvalue weighted by Crippen LogP contribution is 2.28. The third kappa shape index (κ3) is 5.02. The van der Waals surface area contributed by atoms with Crippen molar-refractivity contribution in [3.8, 4) is 16.3 Å². The van der Waals surface area contributed by atoms with E-state index in [-0.39, 0.29) is 5.75 Å². The Hall–Kier alpha value is -1.60. The summed E-state index contributed by atoms with van der Waals surface area (Å²) in [4.78, 5) is 5.36. The molecule has 3 nitrogen and oxygen atoms in total. The molecule has 0 aliphatic carbocycles. The van der Waals surface area contributed by atoms with Gasteiger partial charge >= 0.3 is 6.36 Å². The fourth-order valence-corrected chi connectivity index (χ4v) is 2.50. The Morgan fingerprint density at radius 3 is 2.48 bits per heavy atom. The molecule has 1 N–H and O–H groups in total. The van der Waals surface area contributed by atoms with Gasteiger partial charge in [-0.15, -0.1) is 24.5 Å². The van der Waals surface area contributed by atoms with Gasteiger partial charge in [0.2, 0.25) is 0 Å². The first-order valence-electron chi connectivity index (χ1n) is 6.38. The van der Waals surface area contributed by atoms with Gasteiger partial charge in [-0.25, -0.2) is 4.98 Å². The van der Waals surface area contributed by atoms with Gasteiger partial charge in [0.1, 0.15) is 10.8 Å². The van der Waals surface area contributed by atoms with E-state index < -0.39 is 6.36 Å². The SMILES string of the molecule is CC(C)NCc1cnc(-c2ccc(OC(F)(F)F)cc2)s1. The van der Waals surface area contributed by atoms with E-state index in [0.29, 0.717) is 6.04 Å². The highest BCUT2D eigenvalue weighted by atomic mass is 32.1. The average Bonchev–Trinajstić information content (AvgIpc) is 2.84. The first-order chi connectivity index (χ1) is 9.83. The molecule has 0 spiro atoms. The number of ether oxygens (including phenoxy) is 1. The van der Waals surface area contributed by atoms with E-state index in [2.05, 4.69) is 28.9 Å². The molecule has 0 atom stereocenters. The quantitative estimate of drug-likeness (QED) is 0.897. The second-order valence-corrected chi connectivity index (χ2v) is 5.85. The van der Waals surface area contributed by atoms with Crippen LogP contribution in [0.5, 0.6) is 5.75 Å². The molecule has 0 radical (unpaired) electrons. The molecular formula is C14H15F3N2OS. The summed E-state index contributed by atoms with van der Waals surface area (Å²) in [6.07, 6.45) is -2.89. The number of rotatable bonds is 5. The highest BCUT2D eigenvalue weighted by Gasteiger charge is 2.30. The topological polar surface area (TPSA) is 34.2 Å². The van der Waals surface area contributed by atoms with Gasteiger partial charge in [0.05, 0.1) is 0 Å². The number of hydrogen-bond donors (Lipinski definition) is 1. The van der Waals surface area contributed by atoms with Gasteiger partial charge in [0.15, 0.2) is 0 Å². The molecule has 1 heterocycles. The molecule has 0 amide bonds. The van der Waals surface area contributed by atoms with Crippen LogP contribution in [0.4, 0.5) is 13.2 Å². The monoisotopic (exact) mass is 316 g/mol. The highest BCUT2D eigenvalue weighted by molar-refractivity contribution is 7.15. The summed E-state index contributed by atoms with van der Waals surface area (Å²) in [5.41, 5.74) is 0.769. The summed E-state index contributed by atoms with van der Waals surface area (Å²) in [5.74, 6) is -0.232. The lowest BCUT2D eigenvalue weighted by Crippen LogP contribution is -2.21. The van der Waals surface area contributed by atoms with Gasteiger partial charge in [-0.1, -0.05) is 13.8 Å². The standard InChI is InChI=1S/C14H15F3N2OS/c1-9(2)18-7-12-8-19-13(21-12)10-3-5-11(6-4-10)20-14(15,16)17/h3-6,8-9,18H,7H2,1-2H3. The van der Waals surface area contributed by atoms with Crippen LogP contribution in [0, 0.1) is 0 Å². The van der Waals surface area contributed by atoms with Crippen LogP contribution in [0.3, 0.4) is 0 Å². The lowest BCUT2D eigenvalue weighted by Gasteiger charge is -2.08. The van der Waals surface area contributed by atoms with Crippen molar-refractivity contribution in [2.45, 2.75) is 32.8 Å². The van der Waals surface area contributed by atoms with E-state index in [0.717, 1.165) is 22.0 Å². The zero-order valence-electron chi connectivity index (χ0n) is 11.6. The van der Waals surface area contributed by atoms with Crippen molar-refractivity contribution in [2.75, 3.05) is 0 Å². The Labute approximate surface area is 124 Å². The van der Waals surface area contributed by atoms with E-state index in [1.807, 2.05) is 0 Å². The van der Waals surface area contributed by atoms with Crippen LogP contribution >= 0.6 is 11.3 Å². The van der Waals surface area contributed by atoms with Crippen LogP contribution in [-0.4, -0.2) is 17.4 Å². The molecule has 21 heavy (non-hydrogen) atoms. The number of benzene rings is 1. The molecule has 7 heteroatoms. The van der Waals surface area contributed by atoms with E-state index >= 15 is 0 Å². The molecule has 1 aromatic carbocycles. The minimum atomic E-state index is -4.67. The van der Waals surface area contributed by atoms with Crippen molar-refractivity contribution < 1.29 is 17.9 Å². The van der Waals surface area contributed by atoms with Crippen molar-refractivity contribution in [3.05, 3.63) is 35.3 Å². The second kappa shape index (κ2) is 6.44. The van der Waals surface area contributed by atoms with Gasteiger partial charge in [-0.05, 0) is 24.3 Å². The molecule has 1 aromatic heterocycles.